The highest BCUT2D eigenvalue weighted by Crippen LogP contribution is 2.43. The Balaban J connectivity index is 1.88. The van der Waals surface area contributed by atoms with Gasteiger partial charge in [-0.25, -0.2) is 9.78 Å². The molecule has 1 aromatic heterocycles. The first-order valence-corrected chi connectivity index (χ1v) is 6.97. The van der Waals surface area contributed by atoms with Gasteiger partial charge in [0.05, 0.1) is 12.3 Å². The summed E-state index contributed by atoms with van der Waals surface area (Å²) in [6, 6.07) is 0. The summed E-state index contributed by atoms with van der Waals surface area (Å²) in [5.41, 5.74) is 0.843. The summed E-state index contributed by atoms with van der Waals surface area (Å²) in [5, 5.41) is 0. The molecule has 18 heavy (non-hydrogen) atoms. The molecule has 0 bridgehead atoms. The van der Waals surface area contributed by atoms with E-state index in [1.807, 2.05) is 6.92 Å². The second-order valence-corrected chi connectivity index (χ2v) is 5.24. The third-order valence-electron chi connectivity index (χ3n) is 3.80. The van der Waals surface area contributed by atoms with Gasteiger partial charge >= 0.3 is 5.97 Å². The summed E-state index contributed by atoms with van der Waals surface area (Å²) in [6.07, 6.45) is 6.97. The Morgan fingerprint density at radius 1 is 1.28 bits per heavy atom. The van der Waals surface area contributed by atoms with Crippen LogP contribution >= 0.6 is 0 Å². The van der Waals surface area contributed by atoms with Gasteiger partial charge in [-0.2, -0.15) is 0 Å². The van der Waals surface area contributed by atoms with E-state index in [4.69, 9.17) is 9.15 Å². The molecular weight excluding hydrogens is 230 g/mol. The van der Waals surface area contributed by atoms with Crippen LogP contribution in [-0.2, 0) is 4.74 Å². The number of hydrogen-bond donors (Lipinski definition) is 0. The standard InChI is InChI=1S/C14H19NO3/c1-2-17-14(16)12-11(9-7-8-9)15-13(18-12)10-5-3-4-6-10/h9-10H,2-8H2,1H3. The first kappa shape index (κ1) is 11.8. The molecule has 0 radical (unpaired) electrons. The number of oxazole rings is 1. The third kappa shape index (κ3) is 2.16. The zero-order chi connectivity index (χ0) is 12.5. The van der Waals surface area contributed by atoms with Crippen molar-refractivity contribution >= 4 is 5.97 Å². The normalized spacial score (nSPS) is 20.3. The Morgan fingerprint density at radius 3 is 2.61 bits per heavy atom. The predicted octanol–water partition coefficient (Wildman–Crippen LogP) is 3.39. The fraction of sp³-hybridized carbons (Fsp3) is 0.714. The van der Waals surface area contributed by atoms with Crippen LogP contribution in [0, 0.1) is 0 Å². The highest BCUT2D eigenvalue weighted by Gasteiger charge is 2.35. The van der Waals surface area contributed by atoms with Crippen molar-refractivity contribution in [3.8, 4) is 0 Å². The van der Waals surface area contributed by atoms with Crippen LogP contribution in [-0.4, -0.2) is 17.6 Å². The molecule has 4 nitrogen and oxygen atoms in total. The van der Waals surface area contributed by atoms with Crippen molar-refractivity contribution < 1.29 is 13.9 Å². The van der Waals surface area contributed by atoms with Crippen LogP contribution in [0.25, 0.3) is 0 Å². The first-order chi connectivity index (χ1) is 8.79. The van der Waals surface area contributed by atoms with Gasteiger partial charge in [0.25, 0.3) is 0 Å². The molecule has 2 aliphatic carbocycles. The topological polar surface area (TPSA) is 52.3 Å². The fourth-order valence-electron chi connectivity index (χ4n) is 2.67. The number of esters is 1. The Hall–Kier alpha value is -1.32. The molecule has 1 heterocycles. The summed E-state index contributed by atoms with van der Waals surface area (Å²) in [5.74, 6) is 1.60. The van der Waals surface area contributed by atoms with Crippen LogP contribution in [0.1, 0.15) is 79.4 Å². The second-order valence-electron chi connectivity index (χ2n) is 5.24. The van der Waals surface area contributed by atoms with E-state index in [9.17, 15) is 4.79 Å². The molecule has 0 saturated heterocycles. The lowest BCUT2D eigenvalue weighted by Gasteiger charge is -2.01. The van der Waals surface area contributed by atoms with Gasteiger partial charge in [0.2, 0.25) is 5.76 Å². The first-order valence-electron chi connectivity index (χ1n) is 6.97. The zero-order valence-corrected chi connectivity index (χ0v) is 10.8. The largest absolute Gasteiger partial charge is 0.460 e. The SMILES string of the molecule is CCOC(=O)c1oc(C2CCCC2)nc1C1CC1. The molecule has 0 amide bonds. The second kappa shape index (κ2) is 4.75. The van der Waals surface area contributed by atoms with E-state index in [-0.39, 0.29) is 5.97 Å². The third-order valence-corrected chi connectivity index (χ3v) is 3.80. The van der Waals surface area contributed by atoms with Crippen LogP contribution in [0.4, 0.5) is 0 Å². The predicted molar refractivity (Wildman–Crippen MR) is 65.6 cm³/mol. The van der Waals surface area contributed by atoms with Gasteiger partial charge in [0.1, 0.15) is 0 Å². The molecule has 1 aromatic rings. The van der Waals surface area contributed by atoms with E-state index < -0.39 is 0 Å². The molecule has 0 spiro atoms. The maximum atomic E-state index is 11.9. The average Bonchev–Trinajstić information content (AvgIpc) is 2.92. The van der Waals surface area contributed by atoms with E-state index in [0.29, 0.717) is 24.2 Å². The van der Waals surface area contributed by atoms with Crippen molar-refractivity contribution in [3.05, 3.63) is 17.3 Å². The minimum atomic E-state index is -0.351. The number of ether oxygens (including phenoxy) is 1. The Morgan fingerprint density at radius 2 is 2.00 bits per heavy atom. The lowest BCUT2D eigenvalue weighted by molar-refractivity contribution is 0.0485. The van der Waals surface area contributed by atoms with E-state index in [0.717, 1.165) is 37.3 Å². The van der Waals surface area contributed by atoms with Crippen molar-refractivity contribution in [3.63, 3.8) is 0 Å². The lowest BCUT2D eigenvalue weighted by atomic mass is 10.1. The van der Waals surface area contributed by atoms with Gasteiger partial charge in [0.15, 0.2) is 5.89 Å². The van der Waals surface area contributed by atoms with E-state index in [2.05, 4.69) is 4.98 Å². The molecular formula is C14H19NO3. The van der Waals surface area contributed by atoms with E-state index in [1.165, 1.54) is 12.8 Å². The van der Waals surface area contributed by atoms with Crippen molar-refractivity contribution in [1.29, 1.82) is 0 Å². The van der Waals surface area contributed by atoms with E-state index >= 15 is 0 Å². The number of carbonyl (C=O) groups excluding carboxylic acids is 1. The van der Waals surface area contributed by atoms with Gasteiger partial charge < -0.3 is 9.15 Å². The number of carbonyl (C=O) groups is 1. The summed E-state index contributed by atoms with van der Waals surface area (Å²) in [4.78, 5) is 16.5. The average molecular weight is 249 g/mol. The van der Waals surface area contributed by atoms with Crippen molar-refractivity contribution in [1.82, 2.24) is 4.98 Å². The minimum absolute atomic E-state index is 0.351. The Kier molecular flexibility index (Phi) is 3.10. The highest BCUT2D eigenvalue weighted by atomic mass is 16.5. The quantitative estimate of drug-likeness (QED) is 0.767. The van der Waals surface area contributed by atoms with Crippen LogP contribution < -0.4 is 0 Å². The molecule has 2 fully saturated rings. The molecule has 2 aliphatic rings. The molecule has 0 atom stereocenters. The summed E-state index contributed by atoms with van der Waals surface area (Å²) in [7, 11) is 0. The maximum Gasteiger partial charge on any atom is 0.376 e. The van der Waals surface area contributed by atoms with Crippen LogP contribution in [0.2, 0.25) is 0 Å². The molecule has 2 saturated carbocycles. The Labute approximate surface area is 107 Å². The van der Waals surface area contributed by atoms with Gasteiger partial charge in [-0.1, -0.05) is 12.8 Å². The van der Waals surface area contributed by atoms with E-state index in [1.54, 1.807) is 0 Å². The summed E-state index contributed by atoms with van der Waals surface area (Å²) >= 11 is 0. The molecule has 98 valence electrons. The molecule has 0 unspecified atom stereocenters. The van der Waals surface area contributed by atoms with Crippen LogP contribution in [0.3, 0.4) is 0 Å². The smallest absolute Gasteiger partial charge is 0.376 e. The molecule has 0 N–H and O–H groups in total. The molecule has 0 aliphatic heterocycles. The van der Waals surface area contributed by atoms with Gasteiger partial charge in [0, 0.05) is 11.8 Å². The van der Waals surface area contributed by atoms with Gasteiger partial charge in [-0.05, 0) is 32.6 Å². The zero-order valence-electron chi connectivity index (χ0n) is 10.8. The number of nitrogens with zero attached hydrogens (tertiary/aromatic N) is 1. The van der Waals surface area contributed by atoms with Crippen molar-refractivity contribution in [2.75, 3.05) is 6.61 Å². The van der Waals surface area contributed by atoms with Crippen LogP contribution in [0.5, 0.6) is 0 Å². The molecule has 0 aromatic carbocycles. The number of hydrogen-bond acceptors (Lipinski definition) is 4. The summed E-state index contributed by atoms with van der Waals surface area (Å²) < 4.78 is 10.8. The Bertz CT molecular complexity index is 442. The maximum absolute atomic E-state index is 11.9. The lowest BCUT2D eigenvalue weighted by Crippen LogP contribution is -2.05. The number of rotatable bonds is 4. The highest BCUT2D eigenvalue weighted by molar-refractivity contribution is 5.87. The van der Waals surface area contributed by atoms with Crippen molar-refractivity contribution in [2.45, 2.75) is 57.3 Å². The van der Waals surface area contributed by atoms with Gasteiger partial charge in [-0.15, -0.1) is 0 Å². The van der Waals surface area contributed by atoms with Crippen LogP contribution in [0.15, 0.2) is 4.42 Å². The number of aromatic nitrogens is 1. The fourth-order valence-corrected chi connectivity index (χ4v) is 2.67. The monoisotopic (exact) mass is 249 g/mol. The van der Waals surface area contributed by atoms with Gasteiger partial charge in [-0.3, -0.25) is 0 Å². The summed E-state index contributed by atoms with van der Waals surface area (Å²) in [6.45, 7) is 2.19. The van der Waals surface area contributed by atoms with Crippen molar-refractivity contribution in [2.24, 2.45) is 0 Å². The molecule has 3 rings (SSSR count). The molecule has 4 heteroatoms. The minimum Gasteiger partial charge on any atom is -0.460 e.